The van der Waals surface area contributed by atoms with Crippen LogP contribution in [0, 0.1) is 6.92 Å². The minimum absolute atomic E-state index is 0.237. The zero-order valence-electron chi connectivity index (χ0n) is 19.4. The maximum atomic E-state index is 14.1. The van der Waals surface area contributed by atoms with Crippen LogP contribution in [0.3, 0.4) is 0 Å². The summed E-state index contributed by atoms with van der Waals surface area (Å²) in [5.41, 5.74) is 4.17. The van der Waals surface area contributed by atoms with E-state index in [4.69, 9.17) is 24.4 Å². The molecule has 0 saturated carbocycles. The molecule has 0 atom stereocenters. The summed E-state index contributed by atoms with van der Waals surface area (Å²) in [4.78, 5) is 28.7. The Bertz CT molecular complexity index is 1800. The molecule has 0 unspecified atom stereocenters. The number of nitrogens with zero attached hydrogens (tertiary/aromatic N) is 5. The van der Waals surface area contributed by atoms with E-state index < -0.39 is 0 Å². The number of ether oxygens (including phenoxy) is 2. The number of aromatic nitrogens is 5. The predicted molar refractivity (Wildman–Crippen MR) is 135 cm³/mol. The van der Waals surface area contributed by atoms with Crippen LogP contribution in [0.1, 0.15) is 5.82 Å². The largest absolute Gasteiger partial charge is 0.497 e. The summed E-state index contributed by atoms with van der Waals surface area (Å²) < 4.78 is 14.3. The van der Waals surface area contributed by atoms with Crippen molar-refractivity contribution in [3.05, 3.63) is 89.0 Å². The molecule has 6 aromatic rings. The summed E-state index contributed by atoms with van der Waals surface area (Å²) in [6.07, 6.45) is 0. The van der Waals surface area contributed by atoms with Gasteiger partial charge in [-0.2, -0.15) is 0 Å². The van der Waals surface area contributed by atoms with Gasteiger partial charge in [0.25, 0.3) is 5.56 Å². The van der Waals surface area contributed by atoms with Crippen molar-refractivity contribution in [2.45, 2.75) is 6.92 Å². The number of para-hydroxylation sites is 4. The number of fused-ring (bicyclic) bond motifs is 4. The second-order valence-corrected chi connectivity index (χ2v) is 8.09. The summed E-state index contributed by atoms with van der Waals surface area (Å²) in [6.45, 7) is 1.81. The molecule has 0 spiro atoms. The van der Waals surface area contributed by atoms with Crippen molar-refractivity contribution in [1.29, 1.82) is 0 Å². The smallest absolute Gasteiger partial charge is 0.270 e. The molecule has 3 heterocycles. The first-order valence-corrected chi connectivity index (χ1v) is 11.1. The Hall–Kier alpha value is -4.72. The average molecular weight is 463 g/mol. The maximum Gasteiger partial charge on any atom is 0.270 e. The van der Waals surface area contributed by atoms with E-state index >= 15 is 0 Å². The topological polar surface area (TPSA) is 84.1 Å². The SMILES string of the molecule is COc1ccc(-n2c3nc4ccccc4nc3c3c(=O)n(-c4ccccc4OC)c(C)nc32)cc1. The second-order valence-electron chi connectivity index (χ2n) is 8.09. The van der Waals surface area contributed by atoms with Crippen molar-refractivity contribution in [2.75, 3.05) is 14.2 Å². The molecule has 0 aliphatic heterocycles. The van der Waals surface area contributed by atoms with Gasteiger partial charge in [0, 0.05) is 5.69 Å². The highest BCUT2D eigenvalue weighted by Crippen LogP contribution is 2.30. The molecule has 172 valence electrons. The van der Waals surface area contributed by atoms with E-state index in [0.717, 1.165) is 17.0 Å². The van der Waals surface area contributed by atoms with E-state index in [2.05, 4.69) is 0 Å². The Morgan fingerprint density at radius 3 is 2.11 bits per heavy atom. The summed E-state index contributed by atoms with van der Waals surface area (Å²) in [5, 5.41) is 0.394. The lowest BCUT2D eigenvalue weighted by Crippen LogP contribution is -2.23. The van der Waals surface area contributed by atoms with Gasteiger partial charge in [-0.25, -0.2) is 15.0 Å². The number of benzene rings is 3. The van der Waals surface area contributed by atoms with Gasteiger partial charge >= 0.3 is 0 Å². The van der Waals surface area contributed by atoms with Gasteiger partial charge in [0.1, 0.15) is 28.2 Å². The maximum absolute atomic E-state index is 14.1. The van der Waals surface area contributed by atoms with Crippen LogP contribution in [0.25, 0.3) is 44.6 Å². The molecular formula is C27H21N5O3. The zero-order valence-corrected chi connectivity index (χ0v) is 19.4. The quantitative estimate of drug-likeness (QED) is 0.380. The molecule has 0 aliphatic carbocycles. The molecular weight excluding hydrogens is 442 g/mol. The fourth-order valence-electron chi connectivity index (χ4n) is 4.47. The molecule has 0 aliphatic rings. The fourth-order valence-corrected chi connectivity index (χ4v) is 4.47. The van der Waals surface area contributed by atoms with Crippen LogP contribution in [-0.4, -0.2) is 38.3 Å². The van der Waals surface area contributed by atoms with Crippen molar-refractivity contribution in [1.82, 2.24) is 24.1 Å². The molecule has 3 aromatic heterocycles. The van der Waals surface area contributed by atoms with Gasteiger partial charge in [0.2, 0.25) is 0 Å². The Morgan fingerprint density at radius 1 is 0.714 bits per heavy atom. The van der Waals surface area contributed by atoms with Crippen LogP contribution < -0.4 is 15.0 Å². The first-order chi connectivity index (χ1) is 17.1. The molecule has 8 nitrogen and oxygen atoms in total. The Labute approximate surface area is 200 Å². The molecule has 0 N–H and O–H groups in total. The van der Waals surface area contributed by atoms with Gasteiger partial charge in [-0.15, -0.1) is 0 Å². The number of hydrogen-bond donors (Lipinski definition) is 0. The van der Waals surface area contributed by atoms with Gasteiger partial charge in [0.15, 0.2) is 11.3 Å². The Morgan fingerprint density at radius 2 is 1.40 bits per heavy atom. The van der Waals surface area contributed by atoms with Crippen LogP contribution in [0.5, 0.6) is 11.5 Å². The van der Waals surface area contributed by atoms with E-state index in [9.17, 15) is 4.79 Å². The third kappa shape index (κ3) is 3.14. The molecule has 0 bridgehead atoms. The molecule has 35 heavy (non-hydrogen) atoms. The van der Waals surface area contributed by atoms with E-state index in [-0.39, 0.29) is 5.56 Å². The Balaban J connectivity index is 1.78. The lowest BCUT2D eigenvalue weighted by atomic mass is 10.2. The van der Waals surface area contributed by atoms with Crippen LogP contribution in [0.15, 0.2) is 77.6 Å². The monoisotopic (exact) mass is 463 g/mol. The molecule has 0 radical (unpaired) electrons. The zero-order chi connectivity index (χ0) is 24.1. The van der Waals surface area contributed by atoms with Gasteiger partial charge in [-0.1, -0.05) is 24.3 Å². The minimum atomic E-state index is -0.237. The van der Waals surface area contributed by atoms with Gasteiger partial charge in [-0.3, -0.25) is 13.9 Å². The van der Waals surface area contributed by atoms with Crippen molar-refractivity contribution in [3.63, 3.8) is 0 Å². The van der Waals surface area contributed by atoms with Crippen molar-refractivity contribution < 1.29 is 9.47 Å². The van der Waals surface area contributed by atoms with Gasteiger partial charge in [0.05, 0.1) is 30.9 Å². The highest BCUT2D eigenvalue weighted by Gasteiger charge is 2.23. The minimum Gasteiger partial charge on any atom is -0.497 e. The number of methoxy groups -OCH3 is 2. The van der Waals surface area contributed by atoms with Crippen LogP contribution in [0.2, 0.25) is 0 Å². The standard InChI is InChI=1S/C27H21N5O3/c1-16-28-25-23(27(33)31(16)21-10-6-7-11-22(21)35-3)24-26(30-20-9-5-4-8-19(20)29-24)32(25)17-12-14-18(34-2)15-13-17/h4-15H,1-3H3. The number of aryl methyl sites for hydroxylation is 1. The van der Waals surface area contributed by atoms with Crippen LogP contribution in [-0.2, 0) is 0 Å². The molecule has 8 heteroatoms. The number of hydrogen-bond acceptors (Lipinski definition) is 6. The summed E-state index contributed by atoms with van der Waals surface area (Å²) in [6, 6.07) is 22.6. The second kappa shape index (κ2) is 7.95. The van der Waals surface area contributed by atoms with E-state index in [1.54, 1.807) is 25.7 Å². The van der Waals surface area contributed by atoms with Gasteiger partial charge < -0.3 is 9.47 Å². The lowest BCUT2D eigenvalue weighted by molar-refractivity contribution is 0.412. The third-order valence-corrected chi connectivity index (χ3v) is 6.10. The molecule has 6 rings (SSSR count). The molecule has 0 fully saturated rings. The van der Waals surface area contributed by atoms with Gasteiger partial charge in [-0.05, 0) is 55.5 Å². The number of rotatable bonds is 4. The lowest BCUT2D eigenvalue weighted by Gasteiger charge is -2.14. The normalized spacial score (nSPS) is 11.4. The van der Waals surface area contributed by atoms with Crippen LogP contribution >= 0.6 is 0 Å². The summed E-state index contributed by atoms with van der Waals surface area (Å²) in [5.74, 6) is 1.83. The molecule has 0 amide bonds. The molecule has 0 saturated heterocycles. The average Bonchev–Trinajstić information content (AvgIpc) is 3.20. The highest BCUT2D eigenvalue weighted by molar-refractivity contribution is 6.06. The van der Waals surface area contributed by atoms with Crippen molar-refractivity contribution >= 4 is 33.2 Å². The summed E-state index contributed by atoms with van der Waals surface area (Å²) >= 11 is 0. The predicted octanol–water partition coefficient (Wildman–Crippen LogP) is 4.60. The van der Waals surface area contributed by atoms with E-state index in [1.165, 1.54) is 0 Å². The Kier molecular flexibility index (Phi) is 4.74. The first-order valence-electron chi connectivity index (χ1n) is 11.1. The summed E-state index contributed by atoms with van der Waals surface area (Å²) in [7, 11) is 3.20. The first kappa shape index (κ1) is 20.9. The van der Waals surface area contributed by atoms with Crippen molar-refractivity contribution in [2.24, 2.45) is 0 Å². The third-order valence-electron chi connectivity index (χ3n) is 6.10. The highest BCUT2D eigenvalue weighted by atomic mass is 16.5. The van der Waals surface area contributed by atoms with Crippen LogP contribution in [0.4, 0.5) is 0 Å². The van der Waals surface area contributed by atoms with Crippen molar-refractivity contribution in [3.8, 4) is 22.9 Å². The molecule has 3 aromatic carbocycles. The van der Waals surface area contributed by atoms with E-state index in [1.807, 2.05) is 77.4 Å². The fraction of sp³-hybridized carbons (Fsp3) is 0.111. The van der Waals surface area contributed by atoms with E-state index in [0.29, 0.717) is 45.0 Å².